The van der Waals surface area contributed by atoms with Crippen LogP contribution in [-0.4, -0.2) is 29.0 Å². The van der Waals surface area contributed by atoms with Crippen LogP contribution in [0.25, 0.3) is 0 Å². The van der Waals surface area contributed by atoms with Crippen molar-refractivity contribution in [1.29, 1.82) is 0 Å². The predicted octanol–water partition coefficient (Wildman–Crippen LogP) is 2.11. The molecule has 0 unspecified atom stereocenters. The highest BCUT2D eigenvalue weighted by Gasteiger charge is 2.21. The summed E-state index contributed by atoms with van der Waals surface area (Å²) in [7, 11) is 0. The summed E-state index contributed by atoms with van der Waals surface area (Å²) in [6.45, 7) is 2.86. The zero-order valence-corrected chi connectivity index (χ0v) is 10.2. The lowest BCUT2D eigenvalue weighted by Gasteiger charge is -2.34. The van der Waals surface area contributed by atoms with Crippen molar-refractivity contribution in [3.8, 4) is 0 Å². The van der Waals surface area contributed by atoms with Gasteiger partial charge in [0.15, 0.2) is 4.47 Å². The Morgan fingerprint density at radius 2 is 2.47 bits per heavy atom. The lowest BCUT2D eigenvalue weighted by atomic mass is 10.0. The van der Waals surface area contributed by atoms with E-state index in [1.807, 2.05) is 6.20 Å². The number of nitrogens with two attached hydrogens (primary N) is 1. The van der Waals surface area contributed by atoms with Crippen molar-refractivity contribution in [2.24, 2.45) is 5.73 Å². The molecular weight excluding hydrogens is 230 g/mol. The minimum Gasteiger partial charge on any atom is -0.329 e. The van der Waals surface area contributed by atoms with Gasteiger partial charge in [-0.3, -0.25) is 4.90 Å². The highest BCUT2D eigenvalue weighted by molar-refractivity contribution is 7.15. The van der Waals surface area contributed by atoms with E-state index in [4.69, 9.17) is 17.3 Å². The molecular formula is C10H16ClN3S. The van der Waals surface area contributed by atoms with E-state index in [0.717, 1.165) is 19.6 Å². The van der Waals surface area contributed by atoms with Gasteiger partial charge in [-0.2, -0.15) is 0 Å². The summed E-state index contributed by atoms with van der Waals surface area (Å²) in [6, 6.07) is 0.541. The molecule has 2 rings (SSSR count). The van der Waals surface area contributed by atoms with Gasteiger partial charge in [-0.15, -0.1) is 11.3 Å². The van der Waals surface area contributed by atoms with Crippen molar-refractivity contribution in [1.82, 2.24) is 9.88 Å². The molecule has 1 aliphatic heterocycles. The van der Waals surface area contributed by atoms with Gasteiger partial charge in [0.1, 0.15) is 0 Å². The third kappa shape index (κ3) is 2.91. The summed E-state index contributed by atoms with van der Waals surface area (Å²) < 4.78 is 0.631. The summed E-state index contributed by atoms with van der Waals surface area (Å²) >= 11 is 7.38. The molecule has 1 saturated heterocycles. The third-order valence-electron chi connectivity index (χ3n) is 2.91. The molecule has 0 saturated carbocycles. The minimum atomic E-state index is 0.541. The summed E-state index contributed by atoms with van der Waals surface area (Å²) in [6.07, 6.45) is 5.68. The highest BCUT2D eigenvalue weighted by atomic mass is 35.5. The molecule has 3 nitrogen and oxygen atoms in total. The van der Waals surface area contributed by atoms with E-state index in [9.17, 15) is 0 Å². The van der Waals surface area contributed by atoms with Gasteiger partial charge in [0, 0.05) is 30.2 Å². The summed E-state index contributed by atoms with van der Waals surface area (Å²) in [5, 5.41) is 0. The molecule has 0 amide bonds. The van der Waals surface area contributed by atoms with Crippen molar-refractivity contribution in [2.45, 2.75) is 31.8 Å². The normalized spacial score (nSPS) is 23.2. The first-order chi connectivity index (χ1) is 7.29. The average molecular weight is 246 g/mol. The van der Waals surface area contributed by atoms with Crippen LogP contribution in [0.2, 0.25) is 4.47 Å². The van der Waals surface area contributed by atoms with Gasteiger partial charge in [0.25, 0.3) is 0 Å². The van der Waals surface area contributed by atoms with Crippen molar-refractivity contribution >= 4 is 22.9 Å². The van der Waals surface area contributed by atoms with Crippen LogP contribution in [0.5, 0.6) is 0 Å². The van der Waals surface area contributed by atoms with Gasteiger partial charge in [0.05, 0.1) is 0 Å². The fourth-order valence-corrected chi connectivity index (χ4v) is 3.10. The zero-order chi connectivity index (χ0) is 10.7. The second-order valence-corrected chi connectivity index (χ2v) is 5.63. The lowest BCUT2D eigenvalue weighted by Crippen LogP contribution is -2.43. The van der Waals surface area contributed by atoms with Crippen LogP contribution in [0.4, 0.5) is 0 Å². The van der Waals surface area contributed by atoms with E-state index >= 15 is 0 Å². The van der Waals surface area contributed by atoms with Crippen molar-refractivity contribution in [3.63, 3.8) is 0 Å². The average Bonchev–Trinajstić information content (AvgIpc) is 2.65. The van der Waals surface area contributed by atoms with Gasteiger partial charge < -0.3 is 5.73 Å². The Morgan fingerprint density at radius 3 is 3.13 bits per heavy atom. The number of halogens is 1. The first kappa shape index (κ1) is 11.3. The van der Waals surface area contributed by atoms with Crippen molar-refractivity contribution < 1.29 is 0 Å². The lowest BCUT2D eigenvalue weighted by molar-refractivity contribution is 0.146. The smallest absolute Gasteiger partial charge is 0.183 e. The Balaban J connectivity index is 1.97. The maximum Gasteiger partial charge on any atom is 0.183 e. The number of piperidine rings is 1. The molecule has 2 N–H and O–H groups in total. The topological polar surface area (TPSA) is 42.1 Å². The van der Waals surface area contributed by atoms with E-state index in [-0.39, 0.29) is 0 Å². The molecule has 1 fully saturated rings. The van der Waals surface area contributed by atoms with E-state index in [2.05, 4.69) is 9.88 Å². The summed E-state index contributed by atoms with van der Waals surface area (Å²) in [5.41, 5.74) is 5.77. The third-order valence-corrected chi connectivity index (χ3v) is 4.01. The van der Waals surface area contributed by atoms with Gasteiger partial charge in [0.2, 0.25) is 0 Å². The standard InChI is InChI=1S/C10H16ClN3S/c11-10-13-6-9(15-10)7-14-4-2-1-3-8(14)5-12/h6,8H,1-5,7,12H2/t8-/m1/s1. The van der Waals surface area contributed by atoms with Crippen LogP contribution in [0.1, 0.15) is 24.1 Å². The minimum absolute atomic E-state index is 0.541. The second kappa shape index (κ2) is 5.25. The monoisotopic (exact) mass is 245 g/mol. The van der Waals surface area contributed by atoms with Crippen LogP contribution < -0.4 is 5.73 Å². The number of hydrogen-bond donors (Lipinski definition) is 1. The molecule has 5 heteroatoms. The molecule has 0 aromatic carbocycles. The Kier molecular flexibility index (Phi) is 3.97. The molecule has 1 atom stereocenters. The van der Waals surface area contributed by atoms with Gasteiger partial charge in [-0.05, 0) is 19.4 Å². The molecule has 0 radical (unpaired) electrons. The zero-order valence-electron chi connectivity index (χ0n) is 8.66. The van der Waals surface area contributed by atoms with E-state index in [1.165, 1.54) is 24.1 Å². The first-order valence-corrected chi connectivity index (χ1v) is 6.53. The molecule has 0 aliphatic carbocycles. The maximum atomic E-state index is 5.81. The Morgan fingerprint density at radius 1 is 1.60 bits per heavy atom. The molecule has 0 spiro atoms. The Bertz CT molecular complexity index is 315. The number of hydrogen-bond acceptors (Lipinski definition) is 4. The van der Waals surface area contributed by atoms with Crippen LogP contribution in [0.15, 0.2) is 6.20 Å². The maximum absolute atomic E-state index is 5.81. The Hall–Kier alpha value is -0.160. The number of nitrogens with zero attached hydrogens (tertiary/aromatic N) is 2. The molecule has 1 aromatic heterocycles. The van der Waals surface area contributed by atoms with Gasteiger partial charge in [-0.25, -0.2) is 4.98 Å². The largest absolute Gasteiger partial charge is 0.329 e. The highest BCUT2D eigenvalue weighted by Crippen LogP contribution is 2.23. The van der Waals surface area contributed by atoms with Crippen molar-refractivity contribution in [2.75, 3.05) is 13.1 Å². The molecule has 2 heterocycles. The van der Waals surface area contributed by atoms with Crippen LogP contribution in [0, 0.1) is 0 Å². The number of thiazole rings is 1. The fourth-order valence-electron chi connectivity index (χ4n) is 2.09. The van der Waals surface area contributed by atoms with Crippen LogP contribution in [-0.2, 0) is 6.54 Å². The van der Waals surface area contributed by atoms with E-state index in [0.29, 0.717) is 10.5 Å². The van der Waals surface area contributed by atoms with E-state index < -0.39 is 0 Å². The summed E-state index contributed by atoms with van der Waals surface area (Å²) in [4.78, 5) is 7.75. The van der Waals surface area contributed by atoms with Gasteiger partial charge in [-0.1, -0.05) is 18.0 Å². The Labute approximate surface area is 99.2 Å². The van der Waals surface area contributed by atoms with E-state index in [1.54, 1.807) is 11.3 Å². The first-order valence-electron chi connectivity index (χ1n) is 5.34. The number of aromatic nitrogens is 1. The molecule has 15 heavy (non-hydrogen) atoms. The molecule has 1 aromatic rings. The second-order valence-electron chi connectivity index (χ2n) is 3.94. The number of likely N-dealkylation sites (tertiary alicyclic amines) is 1. The van der Waals surface area contributed by atoms with Crippen LogP contribution in [0.3, 0.4) is 0 Å². The summed E-state index contributed by atoms with van der Waals surface area (Å²) in [5.74, 6) is 0. The quantitative estimate of drug-likeness (QED) is 0.887. The number of rotatable bonds is 3. The fraction of sp³-hybridized carbons (Fsp3) is 0.700. The molecule has 1 aliphatic rings. The predicted molar refractivity (Wildman–Crippen MR) is 64.2 cm³/mol. The van der Waals surface area contributed by atoms with Crippen LogP contribution >= 0.6 is 22.9 Å². The molecule has 0 bridgehead atoms. The van der Waals surface area contributed by atoms with Crippen molar-refractivity contribution in [3.05, 3.63) is 15.5 Å². The SMILES string of the molecule is NC[C@H]1CCCCN1Cc1cnc(Cl)s1. The molecule has 84 valence electrons. The van der Waals surface area contributed by atoms with Gasteiger partial charge >= 0.3 is 0 Å².